The molecule has 1 saturated heterocycles. The van der Waals surface area contributed by atoms with Gasteiger partial charge in [-0.3, -0.25) is 10.6 Å². The Morgan fingerprint density at radius 2 is 2.15 bits per heavy atom. The van der Waals surface area contributed by atoms with Crippen LogP contribution in [0.25, 0.3) is 0 Å². The van der Waals surface area contributed by atoms with E-state index in [2.05, 4.69) is 19.3 Å². The molecule has 0 saturated carbocycles. The summed E-state index contributed by atoms with van der Waals surface area (Å²) in [4.78, 5) is 14.6. The van der Waals surface area contributed by atoms with Crippen molar-refractivity contribution >= 4 is 23.4 Å². The molecule has 0 atom stereocenters. The quantitative estimate of drug-likeness (QED) is 0.650. The third-order valence-corrected chi connectivity index (χ3v) is 5.12. The SMILES string of the molecule is Cc1cc(NN)ccc1C(=O)N1CCSC(C)(C)CC1. The van der Waals surface area contributed by atoms with E-state index in [9.17, 15) is 4.79 Å². The van der Waals surface area contributed by atoms with Crippen molar-refractivity contribution in [2.24, 2.45) is 5.84 Å². The largest absolute Gasteiger partial charge is 0.338 e. The molecule has 0 unspecified atom stereocenters. The summed E-state index contributed by atoms with van der Waals surface area (Å²) in [5.74, 6) is 6.52. The van der Waals surface area contributed by atoms with Crippen molar-refractivity contribution in [3.8, 4) is 0 Å². The highest BCUT2D eigenvalue weighted by atomic mass is 32.2. The molecular weight excluding hydrogens is 270 g/mol. The molecule has 20 heavy (non-hydrogen) atoms. The Bertz CT molecular complexity index is 502. The Kier molecular flexibility index (Phi) is 4.60. The Morgan fingerprint density at radius 3 is 2.80 bits per heavy atom. The molecule has 1 aromatic rings. The number of carbonyl (C=O) groups is 1. The van der Waals surface area contributed by atoms with E-state index < -0.39 is 0 Å². The minimum Gasteiger partial charge on any atom is -0.338 e. The average Bonchev–Trinajstić information content (AvgIpc) is 2.59. The Hall–Kier alpha value is -1.20. The third kappa shape index (κ3) is 3.46. The molecule has 0 aliphatic carbocycles. The number of amides is 1. The van der Waals surface area contributed by atoms with Gasteiger partial charge in [-0.1, -0.05) is 13.8 Å². The first-order chi connectivity index (χ1) is 9.43. The van der Waals surface area contributed by atoms with E-state index in [-0.39, 0.29) is 10.7 Å². The van der Waals surface area contributed by atoms with E-state index in [0.29, 0.717) is 0 Å². The molecule has 0 spiro atoms. The summed E-state index contributed by atoms with van der Waals surface area (Å²) in [6.07, 6.45) is 1.03. The fraction of sp³-hybridized carbons (Fsp3) is 0.533. The number of aryl methyl sites for hydroxylation is 1. The molecule has 1 heterocycles. The fourth-order valence-corrected chi connectivity index (χ4v) is 3.49. The highest BCUT2D eigenvalue weighted by Crippen LogP contribution is 2.31. The lowest BCUT2D eigenvalue weighted by Gasteiger charge is -2.23. The lowest BCUT2D eigenvalue weighted by molar-refractivity contribution is 0.0764. The van der Waals surface area contributed by atoms with Crippen LogP contribution in [0.1, 0.15) is 36.2 Å². The fourth-order valence-electron chi connectivity index (χ4n) is 2.39. The standard InChI is InChI=1S/C15H23N3OS/c1-11-10-12(17-16)4-5-13(11)14(19)18-7-6-15(2,3)20-9-8-18/h4-5,10,17H,6-9,16H2,1-3H3. The molecule has 1 aromatic carbocycles. The number of carbonyl (C=O) groups excluding carboxylic acids is 1. The van der Waals surface area contributed by atoms with Crippen LogP contribution in [0, 0.1) is 6.92 Å². The van der Waals surface area contributed by atoms with E-state index in [1.54, 1.807) is 0 Å². The topological polar surface area (TPSA) is 58.4 Å². The molecule has 110 valence electrons. The smallest absolute Gasteiger partial charge is 0.254 e. The van der Waals surface area contributed by atoms with E-state index in [4.69, 9.17) is 5.84 Å². The van der Waals surface area contributed by atoms with Crippen molar-refractivity contribution in [3.05, 3.63) is 29.3 Å². The molecule has 0 aromatic heterocycles. The lowest BCUT2D eigenvalue weighted by atomic mass is 10.1. The molecule has 0 bridgehead atoms. The molecule has 0 radical (unpaired) electrons. The van der Waals surface area contributed by atoms with Crippen LogP contribution in [0.4, 0.5) is 5.69 Å². The summed E-state index contributed by atoms with van der Waals surface area (Å²) >= 11 is 1.95. The predicted molar refractivity (Wildman–Crippen MR) is 86.0 cm³/mol. The van der Waals surface area contributed by atoms with E-state index >= 15 is 0 Å². The van der Waals surface area contributed by atoms with Gasteiger partial charge in [0.05, 0.1) is 0 Å². The zero-order chi connectivity index (χ0) is 14.8. The van der Waals surface area contributed by atoms with Crippen molar-refractivity contribution < 1.29 is 4.79 Å². The second-order valence-corrected chi connectivity index (χ2v) is 7.63. The van der Waals surface area contributed by atoms with Crippen molar-refractivity contribution in [2.45, 2.75) is 31.9 Å². The summed E-state index contributed by atoms with van der Waals surface area (Å²) < 4.78 is 0.261. The molecule has 1 aliphatic rings. The van der Waals surface area contributed by atoms with Crippen molar-refractivity contribution in [2.75, 3.05) is 24.3 Å². The first-order valence-electron chi connectivity index (χ1n) is 6.93. The lowest BCUT2D eigenvalue weighted by Crippen LogP contribution is -2.34. The van der Waals surface area contributed by atoms with Gasteiger partial charge in [-0.15, -0.1) is 0 Å². The number of hydrogen-bond donors (Lipinski definition) is 2. The van der Waals surface area contributed by atoms with Gasteiger partial charge in [0.15, 0.2) is 0 Å². The van der Waals surface area contributed by atoms with Gasteiger partial charge in [0, 0.05) is 34.8 Å². The van der Waals surface area contributed by atoms with Crippen LogP contribution in [0.2, 0.25) is 0 Å². The van der Waals surface area contributed by atoms with Crippen LogP contribution in [0.5, 0.6) is 0 Å². The minimum absolute atomic E-state index is 0.129. The Morgan fingerprint density at radius 1 is 1.40 bits per heavy atom. The average molecular weight is 293 g/mol. The molecule has 4 nitrogen and oxygen atoms in total. The number of nitrogens with two attached hydrogens (primary N) is 1. The second kappa shape index (κ2) is 6.06. The van der Waals surface area contributed by atoms with Crippen LogP contribution in [-0.4, -0.2) is 34.4 Å². The number of nitrogen functional groups attached to an aromatic ring is 1. The van der Waals surface area contributed by atoms with E-state index in [0.717, 1.165) is 42.1 Å². The predicted octanol–water partition coefficient (Wildman–Crippen LogP) is 2.64. The summed E-state index contributed by atoms with van der Waals surface area (Å²) in [5, 5.41) is 0. The molecule has 5 heteroatoms. The van der Waals surface area contributed by atoms with Crippen molar-refractivity contribution in [1.29, 1.82) is 0 Å². The van der Waals surface area contributed by atoms with E-state index in [1.807, 2.05) is 41.8 Å². The number of thioether (sulfide) groups is 1. The van der Waals surface area contributed by atoms with Gasteiger partial charge in [0.2, 0.25) is 0 Å². The first kappa shape index (κ1) is 15.2. The number of nitrogens with one attached hydrogen (secondary N) is 1. The normalized spacial score (nSPS) is 18.5. The van der Waals surface area contributed by atoms with Crippen LogP contribution >= 0.6 is 11.8 Å². The maximum absolute atomic E-state index is 12.6. The molecule has 2 rings (SSSR count). The number of nitrogens with zero attached hydrogens (tertiary/aromatic N) is 1. The van der Waals surface area contributed by atoms with Crippen molar-refractivity contribution in [1.82, 2.24) is 4.90 Å². The molecule has 3 N–H and O–H groups in total. The molecule has 1 fully saturated rings. The summed E-state index contributed by atoms with van der Waals surface area (Å²) in [7, 11) is 0. The minimum atomic E-state index is 0.129. The van der Waals surface area contributed by atoms with Gasteiger partial charge in [0.25, 0.3) is 5.91 Å². The maximum atomic E-state index is 12.6. The Balaban J connectivity index is 2.15. The maximum Gasteiger partial charge on any atom is 0.254 e. The number of rotatable bonds is 2. The molecular formula is C15H23N3OS. The van der Waals surface area contributed by atoms with Gasteiger partial charge >= 0.3 is 0 Å². The summed E-state index contributed by atoms with van der Waals surface area (Å²) in [6.45, 7) is 8.10. The van der Waals surface area contributed by atoms with E-state index in [1.165, 1.54) is 0 Å². The van der Waals surface area contributed by atoms with Gasteiger partial charge in [-0.2, -0.15) is 11.8 Å². The third-order valence-electron chi connectivity index (χ3n) is 3.75. The van der Waals surface area contributed by atoms with Crippen LogP contribution < -0.4 is 11.3 Å². The van der Waals surface area contributed by atoms with Gasteiger partial charge < -0.3 is 10.3 Å². The molecule has 1 aliphatic heterocycles. The van der Waals surface area contributed by atoms with Crippen LogP contribution in [0.15, 0.2) is 18.2 Å². The highest BCUT2D eigenvalue weighted by molar-refractivity contribution is 8.00. The number of hydrazine groups is 1. The number of anilines is 1. The van der Waals surface area contributed by atoms with Gasteiger partial charge in [-0.25, -0.2) is 0 Å². The van der Waals surface area contributed by atoms with Gasteiger partial charge in [0.1, 0.15) is 0 Å². The second-order valence-electron chi connectivity index (χ2n) is 5.82. The number of benzene rings is 1. The van der Waals surface area contributed by atoms with Crippen LogP contribution in [0.3, 0.4) is 0 Å². The zero-order valence-electron chi connectivity index (χ0n) is 12.4. The summed E-state index contributed by atoms with van der Waals surface area (Å²) in [5.41, 5.74) is 5.16. The van der Waals surface area contributed by atoms with Crippen LogP contribution in [-0.2, 0) is 0 Å². The zero-order valence-corrected chi connectivity index (χ0v) is 13.2. The monoisotopic (exact) mass is 293 g/mol. The molecule has 1 amide bonds. The first-order valence-corrected chi connectivity index (χ1v) is 7.92. The Labute approximate surface area is 125 Å². The van der Waals surface area contributed by atoms with Crippen molar-refractivity contribution in [3.63, 3.8) is 0 Å². The number of hydrogen-bond acceptors (Lipinski definition) is 4. The van der Waals surface area contributed by atoms with Gasteiger partial charge in [-0.05, 0) is 37.1 Å². The highest BCUT2D eigenvalue weighted by Gasteiger charge is 2.26. The summed E-state index contributed by atoms with van der Waals surface area (Å²) in [6, 6.07) is 5.61.